The summed E-state index contributed by atoms with van der Waals surface area (Å²) in [7, 11) is 0. The number of anilines is 1. The Hall–Kier alpha value is -1.60. The van der Waals surface area contributed by atoms with Crippen LogP contribution in [0.4, 0.5) is 10.1 Å². The van der Waals surface area contributed by atoms with Crippen LogP contribution in [0.3, 0.4) is 0 Å². The van der Waals surface area contributed by atoms with Crippen LogP contribution in [-0.2, 0) is 0 Å². The van der Waals surface area contributed by atoms with E-state index in [1.54, 1.807) is 6.07 Å². The summed E-state index contributed by atoms with van der Waals surface area (Å²) >= 11 is 0. The minimum atomic E-state index is -0.553. The molecular formula is C13H17FN2O. The van der Waals surface area contributed by atoms with E-state index in [-0.39, 0.29) is 23.6 Å². The molecule has 0 amide bonds. The zero-order chi connectivity index (χ0) is 13.1. The number of benzene rings is 1. The van der Waals surface area contributed by atoms with Gasteiger partial charge in [-0.25, -0.2) is 4.39 Å². The van der Waals surface area contributed by atoms with Crippen molar-refractivity contribution in [3.63, 3.8) is 0 Å². The standard InChI is InChI=1S/C13H17FN2O/c1-13(2,3)12(8-17)16-11-6-4-5-10(14)9(11)7-15/h4-6,12,16-17H,8H2,1-3H3/t12-/m1/s1. The minimum absolute atomic E-state index is 0.0183. The van der Waals surface area contributed by atoms with Crippen molar-refractivity contribution >= 4 is 5.69 Å². The van der Waals surface area contributed by atoms with Gasteiger partial charge in [-0.3, -0.25) is 0 Å². The number of aliphatic hydroxyl groups excluding tert-OH is 1. The van der Waals surface area contributed by atoms with Gasteiger partial charge in [0, 0.05) is 0 Å². The number of rotatable bonds is 3. The largest absolute Gasteiger partial charge is 0.394 e. The average molecular weight is 236 g/mol. The average Bonchev–Trinajstić information content (AvgIpc) is 2.24. The van der Waals surface area contributed by atoms with Crippen molar-refractivity contribution < 1.29 is 9.50 Å². The van der Waals surface area contributed by atoms with Crippen LogP contribution in [0.5, 0.6) is 0 Å². The second-order valence-corrected chi connectivity index (χ2v) is 5.02. The number of nitrogens with zero attached hydrogens (tertiary/aromatic N) is 1. The van der Waals surface area contributed by atoms with E-state index in [4.69, 9.17) is 5.26 Å². The van der Waals surface area contributed by atoms with Gasteiger partial charge in [-0.05, 0) is 17.5 Å². The Bertz CT molecular complexity index is 432. The van der Waals surface area contributed by atoms with E-state index in [1.807, 2.05) is 26.8 Å². The van der Waals surface area contributed by atoms with Crippen LogP contribution < -0.4 is 5.32 Å². The fraction of sp³-hybridized carbons (Fsp3) is 0.462. The molecule has 1 aromatic rings. The lowest BCUT2D eigenvalue weighted by molar-refractivity contribution is 0.202. The molecule has 0 aliphatic rings. The van der Waals surface area contributed by atoms with E-state index in [2.05, 4.69) is 5.32 Å². The Morgan fingerprint density at radius 1 is 1.47 bits per heavy atom. The molecule has 0 radical (unpaired) electrons. The highest BCUT2D eigenvalue weighted by atomic mass is 19.1. The van der Waals surface area contributed by atoms with Gasteiger partial charge < -0.3 is 10.4 Å². The zero-order valence-corrected chi connectivity index (χ0v) is 10.3. The summed E-state index contributed by atoms with van der Waals surface area (Å²) in [5.41, 5.74) is 0.213. The van der Waals surface area contributed by atoms with Crippen molar-refractivity contribution in [2.75, 3.05) is 11.9 Å². The minimum Gasteiger partial charge on any atom is -0.394 e. The lowest BCUT2D eigenvalue weighted by Gasteiger charge is -2.31. The van der Waals surface area contributed by atoms with Gasteiger partial charge in [-0.2, -0.15) is 5.26 Å². The molecule has 0 spiro atoms. The summed E-state index contributed by atoms with van der Waals surface area (Å²) in [6.07, 6.45) is 0. The fourth-order valence-corrected chi connectivity index (χ4v) is 1.48. The molecule has 0 saturated heterocycles. The highest BCUT2D eigenvalue weighted by Crippen LogP contribution is 2.25. The van der Waals surface area contributed by atoms with Crippen LogP contribution in [0.2, 0.25) is 0 Å². The molecular weight excluding hydrogens is 219 g/mol. The van der Waals surface area contributed by atoms with Gasteiger partial charge in [0.25, 0.3) is 0 Å². The van der Waals surface area contributed by atoms with Crippen LogP contribution in [0.25, 0.3) is 0 Å². The summed E-state index contributed by atoms with van der Waals surface area (Å²) in [6.45, 7) is 5.82. The summed E-state index contributed by atoms with van der Waals surface area (Å²) in [5.74, 6) is -0.553. The van der Waals surface area contributed by atoms with Crippen molar-refractivity contribution in [3.05, 3.63) is 29.6 Å². The zero-order valence-electron chi connectivity index (χ0n) is 10.3. The molecule has 1 aromatic carbocycles. The molecule has 92 valence electrons. The van der Waals surface area contributed by atoms with Crippen molar-refractivity contribution in [1.29, 1.82) is 5.26 Å². The maximum atomic E-state index is 13.4. The van der Waals surface area contributed by atoms with Crippen molar-refractivity contribution in [2.45, 2.75) is 26.8 Å². The van der Waals surface area contributed by atoms with E-state index in [9.17, 15) is 9.50 Å². The van der Waals surface area contributed by atoms with Crippen molar-refractivity contribution in [3.8, 4) is 6.07 Å². The number of halogens is 1. The molecule has 1 rings (SSSR count). The smallest absolute Gasteiger partial charge is 0.143 e. The number of aliphatic hydroxyl groups is 1. The molecule has 4 heteroatoms. The number of hydrogen-bond acceptors (Lipinski definition) is 3. The van der Waals surface area contributed by atoms with Crippen molar-refractivity contribution in [1.82, 2.24) is 0 Å². The molecule has 1 atom stereocenters. The third-order valence-corrected chi connectivity index (χ3v) is 2.68. The first kappa shape index (κ1) is 13.5. The van der Waals surface area contributed by atoms with E-state index in [0.717, 1.165) is 0 Å². The predicted molar refractivity (Wildman–Crippen MR) is 65.1 cm³/mol. The van der Waals surface area contributed by atoms with Gasteiger partial charge in [-0.1, -0.05) is 26.8 Å². The predicted octanol–water partition coefficient (Wildman–Crippen LogP) is 2.52. The van der Waals surface area contributed by atoms with Crippen LogP contribution in [0.15, 0.2) is 18.2 Å². The molecule has 3 nitrogen and oxygen atoms in total. The van der Waals surface area contributed by atoms with Crippen LogP contribution in [0, 0.1) is 22.6 Å². The first-order valence-electron chi connectivity index (χ1n) is 5.46. The van der Waals surface area contributed by atoms with E-state index < -0.39 is 5.82 Å². The monoisotopic (exact) mass is 236 g/mol. The van der Waals surface area contributed by atoms with Crippen molar-refractivity contribution in [2.24, 2.45) is 5.41 Å². The third-order valence-electron chi connectivity index (χ3n) is 2.68. The molecule has 2 N–H and O–H groups in total. The quantitative estimate of drug-likeness (QED) is 0.847. The van der Waals surface area contributed by atoms with E-state index in [0.29, 0.717) is 5.69 Å². The lowest BCUT2D eigenvalue weighted by atomic mass is 9.87. The number of nitrogens with one attached hydrogen (secondary N) is 1. The van der Waals surface area contributed by atoms with Gasteiger partial charge in [0.2, 0.25) is 0 Å². The molecule has 0 bridgehead atoms. The number of hydrogen-bond donors (Lipinski definition) is 2. The third kappa shape index (κ3) is 3.18. The molecule has 0 unspecified atom stereocenters. The second-order valence-electron chi connectivity index (χ2n) is 5.02. The SMILES string of the molecule is CC(C)(C)[C@@H](CO)Nc1cccc(F)c1C#N. The fourth-order valence-electron chi connectivity index (χ4n) is 1.48. The first-order chi connectivity index (χ1) is 7.90. The Labute approximate surface area is 101 Å². The Morgan fingerprint density at radius 2 is 2.12 bits per heavy atom. The maximum Gasteiger partial charge on any atom is 0.143 e. The molecule has 0 aliphatic carbocycles. The lowest BCUT2D eigenvalue weighted by Crippen LogP contribution is -2.37. The highest BCUT2D eigenvalue weighted by molar-refractivity contribution is 5.58. The summed E-state index contributed by atoms with van der Waals surface area (Å²) in [6, 6.07) is 6.00. The summed E-state index contributed by atoms with van der Waals surface area (Å²) in [5, 5.41) is 21.2. The summed E-state index contributed by atoms with van der Waals surface area (Å²) < 4.78 is 13.4. The normalized spacial score (nSPS) is 12.9. The van der Waals surface area contributed by atoms with Gasteiger partial charge in [0.1, 0.15) is 17.4 Å². The van der Waals surface area contributed by atoms with Gasteiger partial charge in [0.05, 0.1) is 18.3 Å². The topological polar surface area (TPSA) is 56.0 Å². The van der Waals surface area contributed by atoms with Gasteiger partial charge in [-0.15, -0.1) is 0 Å². The molecule has 0 aliphatic heterocycles. The molecule has 0 saturated carbocycles. The van der Waals surface area contributed by atoms with E-state index in [1.165, 1.54) is 12.1 Å². The Balaban J connectivity index is 3.03. The molecule has 0 fully saturated rings. The Morgan fingerprint density at radius 3 is 2.59 bits per heavy atom. The first-order valence-corrected chi connectivity index (χ1v) is 5.46. The maximum absolute atomic E-state index is 13.4. The molecule has 17 heavy (non-hydrogen) atoms. The van der Waals surface area contributed by atoms with Gasteiger partial charge >= 0.3 is 0 Å². The molecule has 0 heterocycles. The van der Waals surface area contributed by atoms with Crippen LogP contribution >= 0.6 is 0 Å². The van der Waals surface area contributed by atoms with Gasteiger partial charge in [0.15, 0.2) is 0 Å². The highest BCUT2D eigenvalue weighted by Gasteiger charge is 2.24. The Kier molecular flexibility index (Phi) is 4.08. The summed E-state index contributed by atoms with van der Waals surface area (Å²) in [4.78, 5) is 0. The van der Waals surface area contributed by atoms with Crippen LogP contribution in [-0.4, -0.2) is 17.8 Å². The molecule has 0 aromatic heterocycles. The second kappa shape index (κ2) is 5.15. The number of nitriles is 1. The van der Waals surface area contributed by atoms with Crippen LogP contribution in [0.1, 0.15) is 26.3 Å². The van der Waals surface area contributed by atoms with E-state index >= 15 is 0 Å².